The molecule has 35 heavy (non-hydrogen) atoms. The van der Waals surface area contributed by atoms with E-state index in [1.165, 1.54) is 0 Å². The van der Waals surface area contributed by atoms with Crippen LogP contribution in [0.3, 0.4) is 0 Å². The zero-order valence-electron chi connectivity index (χ0n) is 19.9. The number of carbonyl (C=O) groups is 2. The average molecular weight is 471 g/mol. The van der Waals surface area contributed by atoms with E-state index in [4.69, 9.17) is 9.72 Å². The van der Waals surface area contributed by atoms with Gasteiger partial charge in [0.15, 0.2) is 6.61 Å². The lowest BCUT2D eigenvalue weighted by molar-refractivity contribution is -0.123. The number of nitrogens with zero attached hydrogens (tertiary/aromatic N) is 3. The molecule has 0 saturated carbocycles. The van der Waals surface area contributed by atoms with Crippen LogP contribution in [-0.4, -0.2) is 41.1 Å². The third-order valence-corrected chi connectivity index (χ3v) is 5.72. The van der Waals surface area contributed by atoms with Crippen LogP contribution in [0.1, 0.15) is 19.2 Å². The van der Waals surface area contributed by atoms with Crippen molar-refractivity contribution in [2.45, 2.75) is 26.3 Å². The minimum Gasteiger partial charge on any atom is -0.484 e. The number of aryl methyl sites for hydroxylation is 1. The molecule has 4 rings (SSSR count). The van der Waals surface area contributed by atoms with E-state index >= 15 is 0 Å². The van der Waals surface area contributed by atoms with Gasteiger partial charge in [-0.25, -0.2) is 4.98 Å². The van der Waals surface area contributed by atoms with Gasteiger partial charge in [-0.05, 0) is 49.7 Å². The highest BCUT2D eigenvalue weighted by molar-refractivity contribution is 5.94. The third-order valence-electron chi connectivity index (χ3n) is 5.72. The van der Waals surface area contributed by atoms with Crippen LogP contribution in [0.4, 0.5) is 5.69 Å². The van der Waals surface area contributed by atoms with Crippen LogP contribution in [0.2, 0.25) is 0 Å². The second-order valence-corrected chi connectivity index (χ2v) is 8.13. The van der Waals surface area contributed by atoms with Gasteiger partial charge in [0.25, 0.3) is 5.91 Å². The van der Waals surface area contributed by atoms with E-state index in [-0.39, 0.29) is 25.0 Å². The maximum absolute atomic E-state index is 13.3. The molecule has 3 aromatic carbocycles. The minimum absolute atomic E-state index is 0.00877. The van der Waals surface area contributed by atoms with E-state index in [0.717, 1.165) is 22.5 Å². The first-order chi connectivity index (χ1) is 17.2. The number of ether oxygens (including phenoxy) is 1. The molecule has 1 heterocycles. The van der Waals surface area contributed by atoms with E-state index in [1.807, 2.05) is 96.4 Å². The van der Waals surface area contributed by atoms with Crippen LogP contribution in [0.15, 0.2) is 84.9 Å². The summed E-state index contributed by atoms with van der Waals surface area (Å²) in [5, 5.41) is 2.89. The van der Waals surface area contributed by atoms with E-state index in [1.54, 1.807) is 4.90 Å². The first kappa shape index (κ1) is 24.0. The summed E-state index contributed by atoms with van der Waals surface area (Å²) < 4.78 is 7.47. The number of hydrogen-bond donors (Lipinski definition) is 1. The van der Waals surface area contributed by atoms with Crippen LogP contribution in [0.5, 0.6) is 5.75 Å². The lowest BCUT2D eigenvalue weighted by atomic mass is 10.2. The molecule has 0 bridgehead atoms. The fourth-order valence-corrected chi connectivity index (χ4v) is 4.02. The molecule has 0 radical (unpaired) electrons. The van der Waals surface area contributed by atoms with Crippen molar-refractivity contribution in [3.63, 3.8) is 0 Å². The zero-order valence-corrected chi connectivity index (χ0v) is 19.9. The number of likely N-dealkylation sites (N-methyl/N-ethyl adjacent to an activating group) is 1. The number of rotatable bonds is 11. The Labute approximate surface area is 205 Å². The highest BCUT2D eigenvalue weighted by Crippen LogP contribution is 2.19. The van der Waals surface area contributed by atoms with Crippen LogP contribution in [0.25, 0.3) is 11.0 Å². The maximum atomic E-state index is 13.3. The summed E-state index contributed by atoms with van der Waals surface area (Å²) in [6, 6.07) is 26.8. The van der Waals surface area contributed by atoms with Crippen molar-refractivity contribution in [3.05, 3.63) is 90.8 Å². The van der Waals surface area contributed by atoms with Crippen molar-refractivity contribution in [1.82, 2.24) is 14.9 Å². The second-order valence-electron chi connectivity index (χ2n) is 8.13. The Morgan fingerprint density at radius 2 is 1.63 bits per heavy atom. The molecule has 4 aromatic rings. The van der Waals surface area contributed by atoms with Crippen molar-refractivity contribution in [2.24, 2.45) is 0 Å². The molecule has 0 spiro atoms. The van der Waals surface area contributed by atoms with E-state index < -0.39 is 0 Å². The topological polar surface area (TPSA) is 76.5 Å². The number of para-hydroxylation sites is 4. The first-order valence-corrected chi connectivity index (χ1v) is 11.9. The number of nitrogens with one attached hydrogen (secondary N) is 1. The van der Waals surface area contributed by atoms with Crippen LogP contribution >= 0.6 is 0 Å². The fraction of sp³-hybridized carbons (Fsp3) is 0.250. The standard InChI is InChI=1S/C28H30N4O3/c1-2-31(22-12-5-3-6-13-22)28(34)20-32-25-17-10-9-16-24(25)30-26(32)18-11-19-29-27(33)21-35-23-14-7-4-8-15-23/h3-10,12-17H,2,11,18-21H2,1H3,(H,29,33). The molecule has 7 nitrogen and oxygen atoms in total. The number of benzene rings is 3. The Morgan fingerprint density at radius 3 is 2.37 bits per heavy atom. The Bertz CT molecular complexity index is 1260. The predicted molar refractivity (Wildman–Crippen MR) is 137 cm³/mol. The molecule has 1 N–H and O–H groups in total. The van der Waals surface area contributed by atoms with Gasteiger partial charge >= 0.3 is 0 Å². The Morgan fingerprint density at radius 1 is 0.943 bits per heavy atom. The second kappa shape index (κ2) is 11.8. The number of anilines is 1. The largest absolute Gasteiger partial charge is 0.484 e. The van der Waals surface area contributed by atoms with Gasteiger partial charge in [0.2, 0.25) is 5.91 Å². The minimum atomic E-state index is -0.168. The van der Waals surface area contributed by atoms with Gasteiger partial charge in [0.1, 0.15) is 18.1 Å². The van der Waals surface area contributed by atoms with Gasteiger partial charge in [-0.15, -0.1) is 0 Å². The number of fused-ring (bicyclic) bond motifs is 1. The molecule has 0 aliphatic rings. The fourth-order valence-electron chi connectivity index (χ4n) is 4.02. The van der Waals surface area contributed by atoms with E-state index in [0.29, 0.717) is 31.7 Å². The van der Waals surface area contributed by atoms with Crippen molar-refractivity contribution in [1.29, 1.82) is 0 Å². The molecule has 7 heteroatoms. The Hall–Kier alpha value is -4.13. The van der Waals surface area contributed by atoms with Crippen molar-refractivity contribution in [3.8, 4) is 5.75 Å². The van der Waals surface area contributed by atoms with Crippen LogP contribution in [-0.2, 0) is 22.6 Å². The predicted octanol–water partition coefficient (Wildman–Crippen LogP) is 4.22. The smallest absolute Gasteiger partial charge is 0.257 e. The molecular formula is C28H30N4O3. The van der Waals surface area contributed by atoms with Crippen molar-refractivity contribution >= 4 is 28.5 Å². The lowest BCUT2D eigenvalue weighted by Crippen LogP contribution is -2.34. The molecule has 0 atom stereocenters. The SMILES string of the molecule is CCN(C(=O)Cn1c(CCCNC(=O)COc2ccccc2)nc2ccccc21)c1ccccc1. The summed E-state index contributed by atoms with van der Waals surface area (Å²) in [7, 11) is 0. The summed E-state index contributed by atoms with van der Waals surface area (Å²) in [4.78, 5) is 31.9. The molecule has 0 fully saturated rings. The zero-order chi connectivity index (χ0) is 24.5. The molecule has 0 aliphatic heterocycles. The normalized spacial score (nSPS) is 10.8. The average Bonchev–Trinajstić information content (AvgIpc) is 3.24. The third kappa shape index (κ3) is 6.26. The molecule has 180 valence electrons. The molecule has 2 amide bonds. The van der Waals surface area contributed by atoms with Crippen molar-refractivity contribution < 1.29 is 14.3 Å². The number of hydrogen-bond acceptors (Lipinski definition) is 4. The maximum Gasteiger partial charge on any atom is 0.257 e. The highest BCUT2D eigenvalue weighted by atomic mass is 16.5. The van der Waals surface area contributed by atoms with Gasteiger partial charge in [-0.2, -0.15) is 0 Å². The summed E-state index contributed by atoms with van der Waals surface area (Å²) in [5.74, 6) is 1.34. The number of aromatic nitrogens is 2. The first-order valence-electron chi connectivity index (χ1n) is 11.9. The number of carbonyl (C=O) groups excluding carboxylic acids is 2. The summed E-state index contributed by atoms with van der Waals surface area (Å²) in [5.41, 5.74) is 2.67. The monoisotopic (exact) mass is 470 g/mol. The Balaban J connectivity index is 1.37. The Kier molecular flexibility index (Phi) is 8.12. The summed E-state index contributed by atoms with van der Waals surface area (Å²) in [6.45, 7) is 3.24. The number of imidazole rings is 1. The van der Waals surface area contributed by atoms with Crippen LogP contribution < -0.4 is 15.0 Å². The molecule has 0 aliphatic carbocycles. The quantitative estimate of drug-likeness (QED) is 0.333. The van der Waals surface area contributed by atoms with Gasteiger partial charge in [0, 0.05) is 25.2 Å². The van der Waals surface area contributed by atoms with E-state index in [2.05, 4.69) is 5.32 Å². The summed E-state index contributed by atoms with van der Waals surface area (Å²) in [6.07, 6.45) is 1.34. The van der Waals surface area contributed by atoms with Gasteiger partial charge in [-0.3, -0.25) is 9.59 Å². The lowest BCUT2D eigenvalue weighted by Gasteiger charge is -2.22. The molecule has 0 saturated heterocycles. The van der Waals surface area contributed by atoms with Gasteiger partial charge in [0.05, 0.1) is 11.0 Å². The molecule has 1 aromatic heterocycles. The molecular weight excluding hydrogens is 440 g/mol. The van der Waals surface area contributed by atoms with E-state index in [9.17, 15) is 9.59 Å². The molecule has 0 unspecified atom stereocenters. The highest BCUT2D eigenvalue weighted by Gasteiger charge is 2.18. The van der Waals surface area contributed by atoms with Gasteiger partial charge < -0.3 is 19.5 Å². The van der Waals surface area contributed by atoms with Crippen molar-refractivity contribution in [2.75, 3.05) is 24.6 Å². The summed E-state index contributed by atoms with van der Waals surface area (Å²) >= 11 is 0. The van der Waals surface area contributed by atoms with Crippen LogP contribution in [0, 0.1) is 0 Å². The number of amides is 2. The van der Waals surface area contributed by atoms with Gasteiger partial charge in [-0.1, -0.05) is 48.5 Å².